The van der Waals surface area contributed by atoms with Crippen molar-refractivity contribution in [3.05, 3.63) is 29.8 Å². The lowest BCUT2D eigenvalue weighted by molar-refractivity contribution is -0.130. The molecule has 1 aromatic rings. The van der Waals surface area contributed by atoms with Gasteiger partial charge in [0, 0.05) is 38.3 Å². The predicted octanol–water partition coefficient (Wildman–Crippen LogP) is 1.62. The quantitative estimate of drug-likeness (QED) is 0.570. The molecule has 4 nitrogen and oxygen atoms in total. The number of nitrogens with zero attached hydrogens (tertiary/aromatic N) is 1. The second kappa shape index (κ2) is 7.71. The lowest BCUT2D eigenvalue weighted by Gasteiger charge is -2.18. The Morgan fingerprint density at radius 3 is 2.56 bits per heavy atom. The van der Waals surface area contributed by atoms with E-state index in [4.69, 9.17) is 5.73 Å². The van der Waals surface area contributed by atoms with E-state index in [9.17, 15) is 4.79 Å². The molecular formula is C14H23N3O. The van der Waals surface area contributed by atoms with Crippen molar-refractivity contribution in [2.45, 2.75) is 26.8 Å². The molecule has 3 N–H and O–H groups in total. The Morgan fingerprint density at radius 1 is 1.28 bits per heavy atom. The fourth-order valence-electron chi connectivity index (χ4n) is 1.85. The Hall–Kier alpha value is -1.55. The molecule has 0 atom stereocenters. The van der Waals surface area contributed by atoms with Gasteiger partial charge in [0.15, 0.2) is 0 Å². The number of amides is 1. The smallest absolute Gasteiger partial charge is 0.223 e. The van der Waals surface area contributed by atoms with E-state index in [2.05, 4.69) is 5.32 Å². The van der Waals surface area contributed by atoms with Crippen LogP contribution in [0.5, 0.6) is 0 Å². The van der Waals surface area contributed by atoms with Crippen LogP contribution in [0.2, 0.25) is 0 Å². The van der Waals surface area contributed by atoms with Crippen LogP contribution < -0.4 is 11.1 Å². The molecule has 0 fully saturated rings. The van der Waals surface area contributed by atoms with Crippen LogP contribution in [0.1, 0.15) is 25.8 Å². The number of nitrogens with two attached hydrogens (primary N) is 1. The first-order chi connectivity index (χ1) is 8.69. The van der Waals surface area contributed by atoms with Gasteiger partial charge in [-0.2, -0.15) is 0 Å². The van der Waals surface area contributed by atoms with Crippen LogP contribution in [0.4, 0.5) is 5.69 Å². The van der Waals surface area contributed by atoms with Gasteiger partial charge in [0.2, 0.25) is 5.91 Å². The standard InChI is InChI=1S/C14H23N3O/c1-3-17(4-2)14(18)9-10-16-11-12-7-5-6-8-13(12)15/h5-8,16H,3-4,9-11,15H2,1-2H3. The molecule has 1 rings (SSSR count). The van der Waals surface area contributed by atoms with Gasteiger partial charge in [-0.1, -0.05) is 18.2 Å². The number of carbonyl (C=O) groups is 1. The van der Waals surface area contributed by atoms with E-state index in [-0.39, 0.29) is 5.91 Å². The lowest BCUT2D eigenvalue weighted by atomic mass is 10.2. The Kier molecular flexibility index (Phi) is 6.22. The van der Waals surface area contributed by atoms with Crippen molar-refractivity contribution in [1.82, 2.24) is 10.2 Å². The highest BCUT2D eigenvalue weighted by Gasteiger charge is 2.08. The van der Waals surface area contributed by atoms with E-state index in [1.807, 2.05) is 43.0 Å². The summed E-state index contributed by atoms with van der Waals surface area (Å²) in [5, 5.41) is 3.25. The molecule has 0 bridgehead atoms. The Morgan fingerprint density at radius 2 is 1.94 bits per heavy atom. The molecule has 100 valence electrons. The zero-order valence-corrected chi connectivity index (χ0v) is 11.3. The number of carbonyl (C=O) groups excluding carboxylic acids is 1. The van der Waals surface area contributed by atoms with Gasteiger partial charge in [0.05, 0.1) is 0 Å². The van der Waals surface area contributed by atoms with Crippen molar-refractivity contribution in [1.29, 1.82) is 0 Å². The van der Waals surface area contributed by atoms with Crippen LogP contribution in [-0.2, 0) is 11.3 Å². The minimum atomic E-state index is 0.202. The molecule has 0 radical (unpaired) electrons. The number of para-hydroxylation sites is 1. The summed E-state index contributed by atoms with van der Waals surface area (Å²) in [6.07, 6.45) is 0.536. The second-order valence-electron chi connectivity index (χ2n) is 4.19. The van der Waals surface area contributed by atoms with E-state index in [0.29, 0.717) is 19.5 Å². The first kappa shape index (κ1) is 14.5. The minimum Gasteiger partial charge on any atom is -0.398 e. The third kappa shape index (κ3) is 4.37. The monoisotopic (exact) mass is 249 g/mol. The molecule has 0 spiro atoms. The van der Waals surface area contributed by atoms with E-state index in [1.165, 1.54) is 0 Å². The van der Waals surface area contributed by atoms with E-state index >= 15 is 0 Å². The number of anilines is 1. The van der Waals surface area contributed by atoms with Crippen molar-refractivity contribution in [3.63, 3.8) is 0 Å². The summed E-state index contributed by atoms with van der Waals surface area (Å²) < 4.78 is 0. The number of rotatable bonds is 7. The zero-order chi connectivity index (χ0) is 13.4. The molecule has 18 heavy (non-hydrogen) atoms. The summed E-state index contributed by atoms with van der Waals surface area (Å²) in [6, 6.07) is 7.77. The maximum Gasteiger partial charge on any atom is 0.223 e. The van der Waals surface area contributed by atoms with Crippen LogP contribution in [0.25, 0.3) is 0 Å². The summed E-state index contributed by atoms with van der Waals surface area (Å²) in [6.45, 7) is 6.95. The van der Waals surface area contributed by atoms with Crippen molar-refractivity contribution in [2.24, 2.45) is 0 Å². The molecule has 1 aromatic carbocycles. The largest absolute Gasteiger partial charge is 0.398 e. The normalized spacial score (nSPS) is 10.3. The topological polar surface area (TPSA) is 58.4 Å². The molecule has 4 heteroatoms. The summed E-state index contributed by atoms with van der Waals surface area (Å²) in [5.41, 5.74) is 7.71. The average Bonchev–Trinajstić information content (AvgIpc) is 2.38. The summed E-state index contributed by atoms with van der Waals surface area (Å²) in [7, 11) is 0. The average molecular weight is 249 g/mol. The van der Waals surface area contributed by atoms with Gasteiger partial charge in [0.1, 0.15) is 0 Å². The summed E-state index contributed by atoms with van der Waals surface area (Å²) in [4.78, 5) is 13.6. The number of hydrogen-bond donors (Lipinski definition) is 2. The second-order valence-corrected chi connectivity index (χ2v) is 4.19. The van der Waals surface area contributed by atoms with Gasteiger partial charge in [-0.3, -0.25) is 4.79 Å². The van der Waals surface area contributed by atoms with Crippen LogP contribution in [0.3, 0.4) is 0 Å². The number of hydrogen-bond acceptors (Lipinski definition) is 3. The van der Waals surface area contributed by atoms with Gasteiger partial charge >= 0.3 is 0 Å². The third-order valence-corrected chi connectivity index (χ3v) is 3.00. The molecular weight excluding hydrogens is 226 g/mol. The maximum atomic E-state index is 11.7. The first-order valence-electron chi connectivity index (χ1n) is 6.50. The molecule has 0 heterocycles. The van der Waals surface area contributed by atoms with Gasteiger partial charge < -0.3 is 16.0 Å². The number of nitrogen functional groups attached to an aromatic ring is 1. The van der Waals surface area contributed by atoms with Crippen LogP contribution >= 0.6 is 0 Å². The lowest BCUT2D eigenvalue weighted by Crippen LogP contribution is -2.32. The predicted molar refractivity (Wildman–Crippen MR) is 75.1 cm³/mol. The summed E-state index contributed by atoms with van der Waals surface area (Å²) >= 11 is 0. The molecule has 0 saturated carbocycles. The highest BCUT2D eigenvalue weighted by Crippen LogP contribution is 2.09. The molecule has 0 aliphatic rings. The van der Waals surface area contributed by atoms with Gasteiger partial charge in [-0.15, -0.1) is 0 Å². The molecule has 0 unspecified atom stereocenters. The van der Waals surface area contributed by atoms with Gasteiger partial charge in [0.25, 0.3) is 0 Å². The Balaban J connectivity index is 2.27. The minimum absolute atomic E-state index is 0.202. The number of nitrogens with one attached hydrogen (secondary N) is 1. The number of benzene rings is 1. The first-order valence-corrected chi connectivity index (χ1v) is 6.50. The van der Waals surface area contributed by atoms with Crippen molar-refractivity contribution >= 4 is 11.6 Å². The van der Waals surface area contributed by atoms with Gasteiger partial charge in [-0.25, -0.2) is 0 Å². The van der Waals surface area contributed by atoms with E-state index in [1.54, 1.807) is 0 Å². The van der Waals surface area contributed by atoms with Crippen molar-refractivity contribution in [3.8, 4) is 0 Å². The Labute approximate surface area is 109 Å². The molecule has 0 aliphatic carbocycles. The van der Waals surface area contributed by atoms with Crippen LogP contribution in [0.15, 0.2) is 24.3 Å². The molecule has 0 aliphatic heterocycles. The fourth-order valence-corrected chi connectivity index (χ4v) is 1.85. The molecule has 1 amide bonds. The third-order valence-electron chi connectivity index (χ3n) is 3.00. The maximum absolute atomic E-state index is 11.7. The fraction of sp³-hybridized carbons (Fsp3) is 0.500. The van der Waals surface area contributed by atoms with Crippen molar-refractivity contribution in [2.75, 3.05) is 25.4 Å². The van der Waals surface area contributed by atoms with E-state index in [0.717, 1.165) is 24.3 Å². The SMILES string of the molecule is CCN(CC)C(=O)CCNCc1ccccc1N. The molecule has 0 saturated heterocycles. The summed E-state index contributed by atoms with van der Waals surface area (Å²) in [5.74, 6) is 0.202. The zero-order valence-electron chi connectivity index (χ0n) is 11.3. The van der Waals surface area contributed by atoms with Gasteiger partial charge in [-0.05, 0) is 25.5 Å². The van der Waals surface area contributed by atoms with Crippen LogP contribution in [0, 0.1) is 0 Å². The van der Waals surface area contributed by atoms with Crippen molar-refractivity contribution < 1.29 is 4.79 Å². The highest BCUT2D eigenvalue weighted by molar-refractivity contribution is 5.76. The highest BCUT2D eigenvalue weighted by atomic mass is 16.2. The van der Waals surface area contributed by atoms with E-state index < -0.39 is 0 Å². The molecule has 0 aromatic heterocycles. The van der Waals surface area contributed by atoms with Crippen LogP contribution in [-0.4, -0.2) is 30.4 Å². The Bertz CT molecular complexity index is 375.